The van der Waals surface area contributed by atoms with E-state index in [-0.39, 0.29) is 17.4 Å². The van der Waals surface area contributed by atoms with Crippen LogP contribution in [-0.2, 0) is 4.79 Å². The number of carbonyl (C=O) groups excluding carboxylic acids is 1. The van der Waals surface area contributed by atoms with Crippen molar-refractivity contribution >= 4 is 21.8 Å². The smallest absolute Gasteiger partial charge is 0.223 e. The predicted octanol–water partition coefficient (Wildman–Crippen LogP) is 2.31. The molecule has 1 aliphatic heterocycles. The number of β-amino-alcohol motifs (C(OH)–C–C–N with tert-alkyl or cyclic N) is 1. The molecule has 1 heterocycles. The van der Waals surface area contributed by atoms with Crippen LogP contribution in [0.2, 0.25) is 0 Å². The fourth-order valence-electron chi connectivity index (χ4n) is 5.63. The number of carbonyl (C=O) groups is 1. The summed E-state index contributed by atoms with van der Waals surface area (Å²) in [4.78, 5) is 14.2. The fraction of sp³-hybridized carbons (Fsp3) is 0.933. The van der Waals surface area contributed by atoms with Crippen LogP contribution in [0.5, 0.6) is 0 Å². The molecule has 4 bridgehead atoms. The highest BCUT2D eigenvalue weighted by molar-refractivity contribution is 9.10. The topological polar surface area (TPSA) is 40.5 Å². The predicted molar refractivity (Wildman–Crippen MR) is 76.0 cm³/mol. The molecular weight excluding hydrogens is 306 g/mol. The van der Waals surface area contributed by atoms with Crippen molar-refractivity contribution in [3.8, 4) is 0 Å². The molecule has 4 heteroatoms. The van der Waals surface area contributed by atoms with Gasteiger partial charge in [0.15, 0.2) is 0 Å². The molecule has 3 nitrogen and oxygen atoms in total. The number of hydrogen-bond donors (Lipinski definition) is 1. The van der Waals surface area contributed by atoms with Crippen LogP contribution in [0.25, 0.3) is 0 Å². The monoisotopic (exact) mass is 327 g/mol. The van der Waals surface area contributed by atoms with Gasteiger partial charge in [-0.15, -0.1) is 0 Å². The molecule has 0 radical (unpaired) electrons. The summed E-state index contributed by atoms with van der Waals surface area (Å²) >= 11 is 4.00. The summed E-state index contributed by atoms with van der Waals surface area (Å²) in [5.41, 5.74) is 0.269. The van der Waals surface area contributed by atoms with Crippen molar-refractivity contribution < 1.29 is 9.90 Å². The molecule has 2 atom stereocenters. The standard InChI is InChI=1S/C15H22BrNO2/c16-15-4-10-1-11(5-15)3-14(2-10,9-15)6-13(19)17-7-12(18)8-17/h10-12,18H,1-9H2. The van der Waals surface area contributed by atoms with Crippen molar-refractivity contribution in [3.63, 3.8) is 0 Å². The molecule has 2 unspecified atom stereocenters. The summed E-state index contributed by atoms with van der Waals surface area (Å²) in [5.74, 6) is 1.97. The van der Waals surface area contributed by atoms with E-state index >= 15 is 0 Å². The summed E-state index contributed by atoms with van der Waals surface area (Å²) in [5, 5.41) is 9.34. The van der Waals surface area contributed by atoms with Gasteiger partial charge in [0.25, 0.3) is 0 Å². The summed E-state index contributed by atoms with van der Waals surface area (Å²) in [6.45, 7) is 1.11. The van der Waals surface area contributed by atoms with Crippen molar-refractivity contribution in [1.82, 2.24) is 4.90 Å². The Labute approximate surface area is 122 Å². The lowest BCUT2D eigenvalue weighted by Crippen LogP contribution is -2.57. The molecule has 4 saturated carbocycles. The second kappa shape index (κ2) is 3.97. The van der Waals surface area contributed by atoms with Gasteiger partial charge in [0, 0.05) is 23.8 Å². The van der Waals surface area contributed by atoms with Gasteiger partial charge in [-0.1, -0.05) is 15.9 Å². The number of nitrogens with zero attached hydrogens (tertiary/aromatic N) is 1. The molecule has 0 aromatic carbocycles. The normalized spacial score (nSPS) is 48.4. The fourth-order valence-corrected chi connectivity index (χ4v) is 7.14. The Morgan fingerprint density at radius 3 is 2.37 bits per heavy atom. The number of alkyl halides is 1. The van der Waals surface area contributed by atoms with Gasteiger partial charge in [-0.05, 0) is 55.8 Å². The SMILES string of the molecule is O=C(CC12CC3CC(CC(Br)(C3)C1)C2)N1CC(O)C1. The van der Waals surface area contributed by atoms with Crippen molar-refractivity contribution in [1.29, 1.82) is 0 Å². The van der Waals surface area contributed by atoms with E-state index < -0.39 is 0 Å². The number of hydrogen-bond acceptors (Lipinski definition) is 2. The van der Waals surface area contributed by atoms with Crippen LogP contribution >= 0.6 is 15.9 Å². The first kappa shape index (κ1) is 12.6. The van der Waals surface area contributed by atoms with Crippen molar-refractivity contribution in [2.24, 2.45) is 17.3 Å². The summed E-state index contributed by atoms with van der Waals surface area (Å²) in [6, 6.07) is 0. The maximum Gasteiger partial charge on any atom is 0.223 e. The van der Waals surface area contributed by atoms with E-state index in [2.05, 4.69) is 15.9 Å². The third-order valence-corrected chi connectivity index (χ3v) is 6.78. The molecule has 1 amide bonds. The Kier molecular flexibility index (Phi) is 2.64. The minimum Gasteiger partial charge on any atom is -0.389 e. The lowest BCUT2D eigenvalue weighted by Gasteiger charge is -2.60. The van der Waals surface area contributed by atoms with Crippen LogP contribution in [0.15, 0.2) is 0 Å². The zero-order chi connectivity index (χ0) is 13.3. The molecule has 1 saturated heterocycles. The van der Waals surface area contributed by atoms with E-state index in [9.17, 15) is 9.90 Å². The van der Waals surface area contributed by atoms with E-state index in [0.717, 1.165) is 18.3 Å². The second-order valence-corrected chi connectivity index (χ2v) is 9.42. The molecule has 106 valence electrons. The molecule has 1 N–H and O–H groups in total. The Morgan fingerprint density at radius 2 is 1.84 bits per heavy atom. The summed E-state index contributed by atoms with van der Waals surface area (Å²) in [6.07, 6.45) is 8.20. The largest absolute Gasteiger partial charge is 0.389 e. The number of rotatable bonds is 2. The van der Waals surface area contributed by atoms with E-state index in [1.54, 1.807) is 0 Å². The average molecular weight is 328 g/mol. The minimum atomic E-state index is -0.275. The molecule has 4 aliphatic carbocycles. The van der Waals surface area contributed by atoms with Gasteiger partial charge in [-0.2, -0.15) is 0 Å². The number of aliphatic hydroxyl groups is 1. The van der Waals surface area contributed by atoms with Crippen molar-refractivity contribution in [3.05, 3.63) is 0 Å². The van der Waals surface area contributed by atoms with Gasteiger partial charge in [-0.25, -0.2) is 0 Å². The van der Waals surface area contributed by atoms with E-state index in [1.165, 1.54) is 38.5 Å². The maximum absolute atomic E-state index is 12.4. The first-order chi connectivity index (χ1) is 8.95. The van der Waals surface area contributed by atoms with Crippen LogP contribution in [0.3, 0.4) is 0 Å². The van der Waals surface area contributed by atoms with Crippen LogP contribution < -0.4 is 0 Å². The Morgan fingerprint density at radius 1 is 1.21 bits per heavy atom. The Balaban J connectivity index is 1.49. The molecule has 19 heavy (non-hydrogen) atoms. The highest BCUT2D eigenvalue weighted by Gasteiger charge is 2.57. The van der Waals surface area contributed by atoms with Crippen LogP contribution in [0.1, 0.15) is 44.9 Å². The molecular formula is C15H22BrNO2. The van der Waals surface area contributed by atoms with E-state index in [1.807, 2.05) is 4.90 Å². The third kappa shape index (κ3) is 2.06. The highest BCUT2D eigenvalue weighted by Crippen LogP contribution is 2.65. The van der Waals surface area contributed by atoms with Crippen LogP contribution in [-0.4, -0.2) is 39.4 Å². The zero-order valence-electron chi connectivity index (χ0n) is 11.3. The lowest BCUT2D eigenvalue weighted by atomic mass is 9.48. The first-order valence-corrected chi connectivity index (χ1v) is 8.39. The molecule has 5 fully saturated rings. The van der Waals surface area contributed by atoms with Gasteiger partial charge in [-0.3, -0.25) is 4.79 Å². The minimum absolute atomic E-state index is 0.269. The third-order valence-electron chi connectivity index (χ3n) is 5.85. The quantitative estimate of drug-likeness (QED) is 0.791. The molecule has 0 aromatic heterocycles. The zero-order valence-corrected chi connectivity index (χ0v) is 12.9. The molecule has 0 aromatic rings. The molecule has 5 aliphatic rings. The van der Waals surface area contributed by atoms with Gasteiger partial charge in [0.05, 0.1) is 6.10 Å². The van der Waals surface area contributed by atoms with E-state index in [4.69, 9.17) is 0 Å². The van der Waals surface area contributed by atoms with Crippen molar-refractivity contribution in [2.45, 2.75) is 55.4 Å². The first-order valence-electron chi connectivity index (χ1n) is 7.60. The van der Waals surface area contributed by atoms with Crippen LogP contribution in [0.4, 0.5) is 0 Å². The lowest BCUT2D eigenvalue weighted by molar-refractivity contribution is -0.148. The Hall–Kier alpha value is -0.0900. The highest BCUT2D eigenvalue weighted by atomic mass is 79.9. The van der Waals surface area contributed by atoms with E-state index in [0.29, 0.717) is 17.4 Å². The number of aliphatic hydroxyl groups excluding tert-OH is 1. The van der Waals surface area contributed by atoms with Crippen molar-refractivity contribution in [2.75, 3.05) is 13.1 Å². The number of halogens is 1. The van der Waals surface area contributed by atoms with Gasteiger partial charge < -0.3 is 10.0 Å². The number of amides is 1. The summed E-state index contributed by atoms with van der Waals surface area (Å²) in [7, 11) is 0. The van der Waals surface area contributed by atoms with Crippen LogP contribution in [0, 0.1) is 17.3 Å². The number of likely N-dealkylation sites (tertiary alicyclic amines) is 1. The maximum atomic E-state index is 12.4. The molecule has 0 spiro atoms. The Bertz CT molecular complexity index is 404. The van der Waals surface area contributed by atoms with Gasteiger partial charge in [0.2, 0.25) is 5.91 Å². The second-order valence-electron chi connectivity index (χ2n) is 7.74. The average Bonchev–Trinajstić information content (AvgIpc) is 2.20. The summed E-state index contributed by atoms with van der Waals surface area (Å²) < 4.78 is 0.339. The van der Waals surface area contributed by atoms with Gasteiger partial charge >= 0.3 is 0 Å². The van der Waals surface area contributed by atoms with Gasteiger partial charge in [0.1, 0.15) is 0 Å². The molecule has 5 rings (SSSR count).